The molecule has 0 heteroatoms. The first-order valence-corrected chi connectivity index (χ1v) is 5.34. The molecule has 2 aromatic rings. The first-order chi connectivity index (χ1) is 6.84. The van der Waals surface area contributed by atoms with E-state index in [0.717, 1.165) is 5.92 Å². The maximum atomic E-state index is 2.38. The lowest BCUT2D eigenvalue weighted by Gasteiger charge is -2.06. The Kier molecular flexibility index (Phi) is 1.63. The van der Waals surface area contributed by atoms with E-state index in [0.29, 0.717) is 0 Å². The molecular formula is C14H14. The van der Waals surface area contributed by atoms with Gasteiger partial charge in [0.1, 0.15) is 0 Å². The molecule has 1 aliphatic carbocycles. The highest BCUT2D eigenvalue weighted by molar-refractivity contribution is 5.84. The third-order valence-electron chi connectivity index (χ3n) is 3.15. The van der Waals surface area contributed by atoms with Gasteiger partial charge in [0.25, 0.3) is 0 Å². The zero-order chi connectivity index (χ0) is 9.54. The minimum atomic E-state index is 0.861. The average molecular weight is 182 g/mol. The monoisotopic (exact) mass is 182 g/mol. The van der Waals surface area contributed by atoms with Crippen LogP contribution in [0.3, 0.4) is 0 Å². The smallest absolute Gasteiger partial charge is 0.0159 e. The molecule has 0 aliphatic heterocycles. The van der Waals surface area contributed by atoms with Gasteiger partial charge in [-0.3, -0.25) is 0 Å². The zero-order valence-electron chi connectivity index (χ0n) is 8.46. The number of benzene rings is 2. The summed E-state index contributed by atoms with van der Waals surface area (Å²) in [5, 5.41) is 2.76. The molecule has 0 aromatic heterocycles. The van der Waals surface area contributed by atoms with Crippen molar-refractivity contribution >= 4 is 10.8 Å². The van der Waals surface area contributed by atoms with Crippen LogP contribution in [0.1, 0.15) is 29.9 Å². The number of rotatable bonds is 1. The lowest BCUT2D eigenvalue weighted by molar-refractivity contribution is 1.11. The van der Waals surface area contributed by atoms with Crippen LogP contribution >= 0.6 is 0 Å². The van der Waals surface area contributed by atoms with Crippen molar-refractivity contribution in [2.75, 3.05) is 0 Å². The van der Waals surface area contributed by atoms with Crippen molar-refractivity contribution in [2.45, 2.75) is 25.7 Å². The molecule has 14 heavy (non-hydrogen) atoms. The molecule has 0 heterocycles. The van der Waals surface area contributed by atoms with Gasteiger partial charge in [-0.15, -0.1) is 0 Å². The maximum absolute atomic E-state index is 2.38. The fourth-order valence-corrected chi connectivity index (χ4v) is 2.21. The second-order valence-electron chi connectivity index (χ2n) is 4.33. The van der Waals surface area contributed by atoms with E-state index >= 15 is 0 Å². The van der Waals surface area contributed by atoms with E-state index in [1.807, 2.05) is 0 Å². The summed E-state index contributed by atoms with van der Waals surface area (Å²) < 4.78 is 0. The van der Waals surface area contributed by atoms with Gasteiger partial charge in [-0.2, -0.15) is 0 Å². The van der Waals surface area contributed by atoms with Crippen molar-refractivity contribution in [3.8, 4) is 0 Å². The van der Waals surface area contributed by atoms with Crippen molar-refractivity contribution in [2.24, 2.45) is 0 Å². The van der Waals surface area contributed by atoms with Crippen molar-refractivity contribution in [1.29, 1.82) is 0 Å². The van der Waals surface area contributed by atoms with Gasteiger partial charge in [0.2, 0.25) is 0 Å². The Labute approximate surface area is 84.6 Å². The normalized spacial score (nSPS) is 16.1. The lowest BCUT2D eigenvalue weighted by atomic mass is 9.99. The summed E-state index contributed by atoms with van der Waals surface area (Å²) in [5.74, 6) is 0.861. The van der Waals surface area contributed by atoms with E-state index in [1.165, 1.54) is 29.2 Å². The summed E-state index contributed by atoms with van der Waals surface area (Å²) in [6, 6.07) is 13.3. The number of hydrogen-bond donors (Lipinski definition) is 0. The van der Waals surface area contributed by atoms with Gasteiger partial charge in [-0.25, -0.2) is 0 Å². The van der Waals surface area contributed by atoms with Crippen LogP contribution < -0.4 is 0 Å². The fraction of sp³-hybridized carbons (Fsp3) is 0.286. The molecule has 1 aliphatic rings. The van der Waals surface area contributed by atoms with Crippen molar-refractivity contribution < 1.29 is 0 Å². The van der Waals surface area contributed by atoms with Crippen LogP contribution in [0.4, 0.5) is 0 Å². The van der Waals surface area contributed by atoms with Crippen molar-refractivity contribution in [3.63, 3.8) is 0 Å². The molecule has 0 amide bonds. The van der Waals surface area contributed by atoms with Crippen molar-refractivity contribution in [1.82, 2.24) is 0 Å². The summed E-state index contributed by atoms with van der Waals surface area (Å²) >= 11 is 0. The Bertz CT molecular complexity index is 478. The second kappa shape index (κ2) is 2.84. The molecule has 0 atom stereocenters. The van der Waals surface area contributed by atoms with Gasteiger partial charge in [-0.05, 0) is 47.6 Å². The molecule has 2 aromatic carbocycles. The van der Waals surface area contributed by atoms with Crippen LogP contribution in [0.5, 0.6) is 0 Å². The summed E-state index contributed by atoms with van der Waals surface area (Å²) in [6.45, 7) is 2.24. The standard InChI is InChI=1S/C14H14/c1-10-8-12-4-2-3-5-13(12)9-14(10)11-6-7-11/h2-5,8-9,11H,6-7H2,1H3. The van der Waals surface area contributed by atoms with Gasteiger partial charge in [0.15, 0.2) is 0 Å². The Balaban J connectivity index is 2.26. The van der Waals surface area contributed by atoms with Crippen molar-refractivity contribution in [3.05, 3.63) is 47.5 Å². The van der Waals surface area contributed by atoms with Crippen LogP contribution in [0.25, 0.3) is 10.8 Å². The predicted molar refractivity (Wildman–Crippen MR) is 60.7 cm³/mol. The zero-order valence-corrected chi connectivity index (χ0v) is 8.46. The lowest BCUT2D eigenvalue weighted by Crippen LogP contribution is -1.86. The summed E-state index contributed by atoms with van der Waals surface area (Å²) in [6.07, 6.45) is 2.78. The largest absolute Gasteiger partial charge is 0.0616 e. The quantitative estimate of drug-likeness (QED) is 0.624. The number of aryl methyl sites for hydroxylation is 1. The Morgan fingerprint density at radius 1 is 1.00 bits per heavy atom. The number of fused-ring (bicyclic) bond motifs is 1. The molecule has 0 nitrogen and oxygen atoms in total. The third kappa shape index (κ3) is 1.22. The molecule has 0 spiro atoms. The summed E-state index contributed by atoms with van der Waals surface area (Å²) in [7, 11) is 0. The Morgan fingerprint density at radius 2 is 1.64 bits per heavy atom. The molecule has 0 unspecified atom stereocenters. The van der Waals surface area contributed by atoms with Gasteiger partial charge in [-0.1, -0.05) is 36.4 Å². The average Bonchev–Trinajstić information content (AvgIpc) is 3.00. The van der Waals surface area contributed by atoms with Gasteiger partial charge in [0.05, 0.1) is 0 Å². The van der Waals surface area contributed by atoms with E-state index in [2.05, 4.69) is 43.3 Å². The molecule has 0 saturated heterocycles. The van der Waals surface area contributed by atoms with E-state index in [4.69, 9.17) is 0 Å². The first-order valence-electron chi connectivity index (χ1n) is 5.34. The van der Waals surface area contributed by atoms with E-state index in [-0.39, 0.29) is 0 Å². The highest BCUT2D eigenvalue weighted by atomic mass is 14.3. The molecule has 1 fully saturated rings. The van der Waals surface area contributed by atoms with Crippen LogP contribution in [-0.4, -0.2) is 0 Å². The molecule has 70 valence electrons. The molecule has 1 saturated carbocycles. The first kappa shape index (κ1) is 8.05. The highest BCUT2D eigenvalue weighted by Gasteiger charge is 2.24. The topological polar surface area (TPSA) is 0 Å². The minimum Gasteiger partial charge on any atom is -0.0616 e. The van der Waals surface area contributed by atoms with Crippen LogP contribution in [0.15, 0.2) is 36.4 Å². The summed E-state index contributed by atoms with van der Waals surface area (Å²) in [5.41, 5.74) is 3.04. The van der Waals surface area contributed by atoms with Gasteiger partial charge >= 0.3 is 0 Å². The second-order valence-corrected chi connectivity index (χ2v) is 4.33. The molecular weight excluding hydrogens is 168 g/mol. The fourth-order valence-electron chi connectivity index (χ4n) is 2.21. The third-order valence-corrected chi connectivity index (χ3v) is 3.15. The molecule has 0 N–H and O–H groups in total. The number of hydrogen-bond acceptors (Lipinski definition) is 0. The van der Waals surface area contributed by atoms with Crippen LogP contribution in [0.2, 0.25) is 0 Å². The maximum Gasteiger partial charge on any atom is -0.0159 e. The van der Waals surface area contributed by atoms with E-state index < -0.39 is 0 Å². The van der Waals surface area contributed by atoms with Crippen LogP contribution in [0, 0.1) is 6.92 Å². The molecule has 0 radical (unpaired) electrons. The SMILES string of the molecule is Cc1cc2ccccc2cc1C1CC1. The molecule has 3 rings (SSSR count). The highest BCUT2D eigenvalue weighted by Crippen LogP contribution is 2.42. The van der Waals surface area contributed by atoms with E-state index in [9.17, 15) is 0 Å². The Hall–Kier alpha value is -1.30. The van der Waals surface area contributed by atoms with Gasteiger partial charge < -0.3 is 0 Å². The van der Waals surface area contributed by atoms with Crippen LogP contribution in [-0.2, 0) is 0 Å². The molecule has 0 bridgehead atoms. The van der Waals surface area contributed by atoms with Gasteiger partial charge in [0, 0.05) is 0 Å². The minimum absolute atomic E-state index is 0.861. The predicted octanol–water partition coefficient (Wildman–Crippen LogP) is 4.03. The Morgan fingerprint density at radius 3 is 2.29 bits per heavy atom. The summed E-state index contributed by atoms with van der Waals surface area (Å²) in [4.78, 5) is 0. The van der Waals surface area contributed by atoms with E-state index in [1.54, 1.807) is 5.56 Å².